The predicted octanol–water partition coefficient (Wildman–Crippen LogP) is 2.59. The van der Waals surface area contributed by atoms with E-state index in [0.29, 0.717) is 12.0 Å². The van der Waals surface area contributed by atoms with Crippen LogP contribution in [0.4, 0.5) is 0 Å². The molecule has 2 rings (SSSR count). The van der Waals surface area contributed by atoms with Crippen LogP contribution in [-0.4, -0.2) is 87.1 Å². The fourth-order valence-corrected chi connectivity index (χ4v) is 4.51. The average Bonchev–Trinajstić information content (AvgIpc) is 2.61. The van der Waals surface area contributed by atoms with E-state index in [0.717, 1.165) is 30.9 Å². The van der Waals surface area contributed by atoms with Gasteiger partial charge in [0.15, 0.2) is 5.96 Å². The van der Waals surface area contributed by atoms with E-state index < -0.39 is 0 Å². The first kappa shape index (κ1) is 21.5. The highest BCUT2D eigenvalue weighted by Crippen LogP contribution is 2.28. The predicted molar refractivity (Wildman–Crippen MR) is 113 cm³/mol. The zero-order valence-corrected chi connectivity index (χ0v) is 18.2. The van der Waals surface area contributed by atoms with E-state index in [1.54, 1.807) is 0 Å². The van der Waals surface area contributed by atoms with Crippen molar-refractivity contribution in [2.45, 2.75) is 52.5 Å². The number of hydrogen-bond donors (Lipinski definition) is 1. The first-order chi connectivity index (χ1) is 12.4. The average molecular weight is 366 g/mol. The number of likely N-dealkylation sites (N-methyl/N-ethyl adjacent to an activating group) is 1. The Morgan fingerprint density at radius 1 is 1.12 bits per heavy atom. The van der Waals surface area contributed by atoms with Gasteiger partial charge in [-0.25, -0.2) is 0 Å². The van der Waals surface area contributed by atoms with Crippen LogP contribution in [0.15, 0.2) is 4.99 Å². The molecule has 1 aliphatic carbocycles. The van der Waals surface area contributed by atoms with Crippen molar-refractivity contribution < 1.29 is 0 Å². The van der Waals surface area contributed by atoms with Crippen molar-refractivity contribution in [3.8, 4) is 0 Å². The maximum atomic E-state index is 4.56. The lowest BCUT2D eigenvalue weighted by atomic mass is 9.83. The minimum Gasteiger partial charge on any atom is -0.355 e. The first-order valence-electron chi connectivity index (χ1n) is 10.7. The molecule has 0 amide bonds. The zero-order valence-electron chi connectivity index (χ0n) is 18.2. The van der Waals surface area contributed by atoms with Gasteiger partial charge in [-0.2, -0.15) is 0 Å². The molecule has 152 valence electrons. The molecule has 1 saturated heterocycles. The van der Waals surface area contributed by atoms with Crippen molar-refractivity contribution in [2.24, 2.45) is 22.7 Å². The highest BCUT2D eigenvalue weighted by Gasteiger charge is 2.26. The Balaban J connectivity index is 1.83. The Morgan fingerprint density at radius 2 is 1.73 bits per heavy atom. The van der Waals surface area contributed by atoms with E-state index in [-0.39, 0.29) is 0 Å². The highest BCUT2D eigenvalue weighted by atomic mass is 15.3. The summed E-state index contributed by atoms with van der Waals surface area (Å²) < 4.78 is 0. The molecule has 26 heavy (non-hydrogen) atoms. The van der Waals surface area contributed by atoms with Crippen LogP contribution >= 0.6 is 0 Å². The largest absolute Gasteiger partial charge is 0.355 e. The van der Waals surface area contributed by atoms with Crippen LogP contribution < -0.4 is 5.32 Å². The van der Waals surface area contributed by atoms with Gasteiger partial charge in [-0.1, -0.05) is 33.6 Å². The Morgan fingerprint density at radius 3 is 2.27 bits per heavy atom. The summed E-state index contributed by atoms with van der Waals surface area (Å²) in [7, 11) is 6.35. The number of aliphatic imine (C=N–C) groups is 1. The summed E-state index contributed by atoms with van der Waals surface area (Å²) in [4.78, 5) is 12.0. The van der Waals surface area contributed by atoms with Crippen LogP contribution in [0.2, 0.25) is 0 Å². The van der Waals surface area contributed by atoms with Crippen LogP contribution in [0.3, 0.4) is 0 Å². The number of nitrogens with zero attached hydrogens (tertiary/aromatic N) is 4. The van der Waals surface area contributed by atoms with Gasteiger partial charge >= 0.3 is 0 Å². The maximum Gasteiger partial charge on any atom is 0.193 e. The van der Waals surface area contributed by atoms with E-state index in [4.69, 9.17) is 0 Å². The van der Waals surface area contributed by atoms with Gasteiger partial charge in [0.25, 0.3) is 0 Å². The summed E-state index contributed by atoms with van der Waals surface area (Å²) in [5, 5.41) is 3.68. The molecule has 1 aliphatic heterocycles. The fourth-order valence-electron chi connectivity index (χ4n) is 4.51. The quantitative estimate of drug-likeness (QED) is 0.579. The summed E-state index contributed by atoms with van der Waals surface area (Å²) in [5.41, 5.74) is 0. The van der Waals surface area contributed by atoms with Gasteiger partial charge in [-0.3, -0.25) is 9.89 Å². The highest BCUT2D eigenvalue weighted by molar-refractivity contribution is 5.79. The van der Waals surface area contributed by atoms with Crippen LogP contribution in [0.25, 0.3) is 0 Å². The van der Waals surface area contributed by atoms with Gasteiger partial charge in [0.1, 0.15) is 0 Å². The number of nitrogens with one attached hydrogen (secondary N) is 1. The number of rotatable bonds is 6. The second-order valence-electron chi connectivity index (χ2n) is 9.09. The lowest BCUT2D eigenvalue weighted by molar-refractivity contribution is 0.0896. The lowest BCUT2D eigenvalue weighted by Gasteiger charge is -2.40. The summed E-state index contributed by atoms with van der Waals surface area (Å²) >= 11 is 0. The standard InChI is InChI=1S/C21H43N5/c1-17(2)20(26-13-11-24(5)12-14-26)15-23-21(22-4)25(6)16-19-9-7-18(3)8-10-19/h17-20H,7-16H2,1-6H3,(H,22,23). The molecular weight excluding hydrogens is 322 g/mol. The molecule has 1 heterocycles. The van der Waals surface area contributed by atoms with E-state index in [9.17, 15) is 0 Å². The van der Waals surface area contributed by atoms with Gasteiger partial charge in [-0.15, -0.1) is 0 Å². The van der Waals surface area contributed by atoms with Gasteiger partial charge in [-0.05, 0) is 37.6 Å². The molecule has 0 aromatic carbocycles. The molecule has 0 aromatic rings. The lowest BCUT2D eigenvalue weighted by Crippen LogP contribution is -2.55. The van der Waals surface area contributed by atoms with Crippen molar-refractivity contribution in [3.05, 3.63) is 0 Å². The second kappa shape index (κ2) is 10.5. The molecular formula is C21H43N5. The Bertz CT molecular complexity index is 420. The zero-order chi connectivity index (χ0) is 19.1. The molecule has 1 atom stereocenters. The van der Waals surface area contributed by atoms with E-state index >= 15 is 0 Å². The third-order valence-corrected chi connectivity index (χ3v) is 6.49. The Hall–Kier alpha value is -0.810. The van der Waals surface area contributed by atoms with Gasteiger partial charge in [0.05, 0.1) is 0 Å². The van der Waals surface area contributed by atoms with Crippen molar-refractivity contribution in [2.75, 3.05) is 60.4 Å². The molecule has 5 nitrogen and oxygen atoms in total. The third kappa shape index (κ3) is 6.41. The molecule has 2 aliphatic rings. The van der Waals surface area contributed by atoms with Gasteiger partial charge < -0.3 is 15.1 Å². The smallest absolute Gasteiger partial charge is 0.193 e. The fraction of sp³-hybridized carbons (Fsp3) is 0.952. The number of piperazine rings is 1. The van der Waals surface area contributed by atoms with Crippen molar-refractivity contribution >= 4 is 5.96 Å². The second-order valence-corrected chi connectivity index (χ2v) is 9.09. The third-order valence-electron chi connectivity index (χ3n) is 6.49. The minimum atomic E-state index is 0.574. The molecule has 1 N–H and O–H groups in total. The molecule has 0 aromatic heterocycles. The van der Waals surface area contributed by atoms with Crippen molar-refractivity contribution in [3.63, 3.8) is 0 Å². The topological polar surface area (TPSA) is 34.1 Å². The molecule has 1 unspecified atom stereocenters. The van der Waals surface area contributed by atoms with Crippen LogP contribution in [0.1, 0.15) is 46.5 Å². The van der Waals surface area contributed by atoms with Crippen LogP contribution in [-0.2, 0) is 0 Å². The molecule has 0 bridgehead atoms. The van der Waals surface area contributed by atoms with Crippen molar-refractivity contribution in [1.82, 2.24) is 20.0 Å². The molecule has 0 radical (unpaired) electrons. The SMILES string of the molecule is CN=C(NCC(C(C)C)N1CCN(C)CC1)N(C)CC1CCC(C)CC1. The normalized spacial score (nSPS) is 27.6. The number of hydrogen-bond acceptors (Lipinski definition) is 3. The first-order valence-corrected chi connectivity index (χ1v) is 10.7. The van der Waals surface area contributed by atoms with E-state index in [1.807, 2.05) is 7.05 Å². The maximum absolute atomic E-state index is 4.56. The summed E-state index contributed by atoms with van der Waals surface area (Å²) in [6, 6.07) is 0.574. The van der Waals surface area contributed by atoms with E-state index in [2.05, 4.69) is 59.9 Å². The molecule has 5 heteroatoms. The number of guanidine groups is 1. The molecule has 2 fully saturated rings. The van der Waals surface area contributed by atoms with Gasteiger partial charge in [0.2, 0.25) is 0 Å². The molecule has 0 spiro atoms. The van der Waals surface area contributed by atoms with E-state index in [1.165, 1.54) is 51.9 Å². The summed E-state index contributed by atoms with van der Waals surface area (Å²) in [6.07, 6.45) is 5.53. The molecule has 1 saturated carbocycles. The Labute approximate surface area is 162 Å². The monoisotopic (exact) mass is 365 g/mol. The van der Waals surface area contributed by atoms with Crippen LogP contribution in [0, 0.1) is 17.8 Å². The Kier molecular flexibility index (Phi) is 8.68. The summed E-state index contributed by atoms with van der Waals surface area (Å²) in [5.74, 6) is 3.45. The van der Waals surface area contributed by atoms with Gasteiger partial charge in [0, 0.05) is 59.4 Å². The minimum absolute atomic E-state index is 0.574. The van der Waals surface area contributed by atoms with Crippen LogP contribution in [0.5, 0.6) is 0 Å². The van der Waals surface area contributed by atoms with Crippen molar-refractivity contribution in [1.29, 1.82) is 0 Å². The summed E-state index contributed by atoms with van der Waals surface area (Å²) in [6.45, 7) is 13.9.